The number of hydrogen-bond acceptors (Lipinski definition) is 5. The monoisotopic (exact) mass is 486 g/mol. The van der Waals surface area contributed by atoms with Crippen molar-refractivity contribution in [3.63, 3.8) is 0 Å². The Morgan fingerprint density at radius 2 is 2.04 bits per heavy atom. The van der Waals surface area contributed by atoms with Gasteiger partial charge in [-0.3, -0.25) is 4.99 Å². The van der Waals surface area contributed by atoms with Crippen LogP contribution in [-0.2, 0) is 23.0 Å². The van der Waals surface area contributed by atoms with E-state index in [9.17, 15) is 8.42 Å². The third kappa shape index (κ3) is 6.75. The smallest absolute Gasteiger partial charge is 0.247 e. The molecule has 0 aliphatic rings. The van der Waals surface area contributed by atoms with Gasteiger partial charge in [0.25, 0.3) is 0 Å². The predicted molar refractivity (Wildman–Crippen MR) is 107 cm³/mol. The fraction of sp³-hybridized carbons (Fsp3) is 0.308. The van der Waals surface area contributed by atoms with Crippen LogP contribution >= 0.6 is 46.7 Å². The van der Waals surface area contributed by atoms with Crippen molar-refractivity contribution in [1.29, 1.82) is 0 Å². The summed E-state index contributed by atoms with van der Waals surface area (Å²) in [6.07, 6.45) is 0.937. The minimum atomic E-state index is -3.62. The maximum Gasteiger partial charge on any atom is 0.247 e. The van der Waals surface area contributed by atoms with E-state index in [0.717, 1.165) is 29.2 Å². The lowest BCUT2D eigenvalue weighted by Gasteiger charge is -2.10. The molecule has 0 bridgehead atoms. The molecule has 0 saturated heterocycles. The highest BCUT2D eigenvalue weighted by molar-refractivity contribution is 14.0. The Kier molecular flexibility index (Phi) is 8.47. The van der Waals surface area contributed by atoms with E-state index >= 15 is 0 Å². The van der Waals surface area contributed by atoms with E-state index in [2.05, 4.69) is 27.1 Å². The lowest BCUT2D eigenvalue weighted by molar-refractivity contribution is 0.600. The Balaban J connectivity index is 0.00000264. The first kappa shape index (κ1) is 20.4. The number of hydrogen-bond donors (Lipinski definition) is 3. The molecule has 10 heteroatoms. The van der Waals surface area contributed by atoms with E-state index in [1.165, 1.54) is 10.9 Å². The summed E-state index contributed by atoms with van der Waals surface area (Å²) >= 11 is 2.89. The topological polar surface area (TPSA) is 96.6 Å². The fourth-order valence-corrected chi connectivity index (χ4v) is 4.18. The maximum absolute atomic E-state index is 11.2. The molecule has 2 aromatic heterocycles. The van der Waals surface area contributed by atoms with Gasteiger partial charge in [0.15, 0.2) is 5.96 Å². The van der Waals surface area contributed by atoms with Crippen LogP contribution in [-0.4, -0.2) is 28.0 Å². The molecule has 6 nitrogen and oxygen atoms in total. The van der Waals surface area contributed by atoms with E-state index in [4.69, 9.17) is 5.14 Å². The van der Waals surface area contributed by atoms with Crippen molar-refractivity contribution in [2.24, 2.45) is 10.1 Å². The lowest BCUT2D eigenvalue weighted by Crippen LogP contribution is -2.37. The molecule has 2 aromatic rings. The summed E-state index contributed by atoms with van der Waals surface area (Å²) in [7, 11) is -1.92. The Morgan fingerprint density at radius 1 is 1.26 bits per heavy atom. The number of rotatable bonds is 6. The van der Waals surface area contributed by atoms with Crippen molar-refractivity contribution in [1.82, 2.24) is 10.6 Å². The van der Waals surface area contributed by atoms with Crippen LogP contribution in [0.15, 0.2) is 38.8 Å². The zero-order valence-electron chi connectivity index (χ0n) is 12.5. The molecular formula is C13H19IN4O2S3. The van der Waals surface area contributed by atoms with E-state index in [0.29, 0.717) is 12.5 Å². The summed E-state index contributed by atoms with van der Waals surface area (Å²) in [4.78, 5) is 6.34. The Bertz CT molecular complexity index is 726. The van der Waals surface area contributed by atoms with Gasteiger partial charge in [-0.15, -0.1) is 46.7 Å². The Labute approximate surface area is 161 Å². The second kappa shape index (κ2) is 9.57. The van der Waals surface area contributed by atoms with Crippen molar-refractivity contribution in [2.75, 3.05) is 13.6 Å². The molecule has 0 amide bonds. The highest BCUT2D eigenvalue weighted by atomic mass is 127. The number of nitrogens with one attached hydrogen (secondary N) is 2. The molecule has 0 aromatic carbocycles. The first-order valence-electron chi connectivity index (χ1n) is 6.57. The van der Waals surface area contributed by atoms with Crippen molar-refractivity contribution in [3.8, 4) is 0 Å². The zero-order valence-corrected chi connectivity index (χ0v) is 17.3. The third-order valence-corrected chi connectivity index (χ3v) is 6.27. The van der Waals surface area contributed by atoms with Crippen molar-refractivity contribution in [2.45, 2.75) is 17.2 Å². The standard InChI is InChI=1S/C13H18N4O2S3.HI/c1-15-13(16-7-6-10-3-2-8-20-10)17-9-11-4-5-12(21-11)22(14,18)19;/h2-5,8H,6-7,9H2,1H3,(H2,14,18,19)(H2,15,16,17);1H. The SMILES string of the molecule is CN=C(NCCc1cccs1)NCc1ccc(S(N)(=O)=O)s1.I. The molecule has 0 aliphatic heterocycles. The molecule has 0 aliphatic carbocycles. The van der Waals surface area contributed by atoms with Gasteiger partial charge >= 0.3 is 0 Å². The second-order valence-electron chi connectivity index (χ2n) is 4.45. The molecule has 128 valence electrons. The van der Waals surface area contributed by atoms with Gasteiger partial charge in [-0.1, -0.05) is 6.07 Å². The first-order chi connectivity index (χ1) is 10.5. The summed E-state index contributed by atoms with van der Waals surface area (Å²) in [5.41, 5.74) is 0. The number of halogens is 1. The van der Waals surface area contributed by atoms with Gasteiger partial charge in [0.2, 0.25) is 10.0 Å². The quantitative estimate of drug-likeness (QED) is 0.331. The summed E-state index contributed by atoms with van der Waals surface area (Å²) < 4.78 is 22.6. The number of aliphatic imine (C=N–C) groups is 1. The van der Waals surface area contributed by atoms with E-state index in [-0.39, 0.29) is 28.2 Å². The van der Waals surface area contributed by atoms with Gasteiger partial charge in [0.1, 0.15) is 4.21 Å². The summed E-state index contributed by atoms with van der Waals surface area (Å²) in [6, 6.07) is 7.40. The molecule has 0 unspecified atom stereocenters. The van der Waals surface area contributed by atoms with Crippen LogP contribution in [0.4, 0.5) is 0 Å². The number of thiophene rings is 2. The summed E-state index contributed by atoms with van der Waals surface area (Å²) in [5.74, 6) is 0.683. The van der Waals surface area contributed by atoms with Crippen LogP contribution in [0.5, 0.6) is 0 Å². The summed E-state index contributed by atoms with van der Waals surface area (Å²) in [6.45, 7) is 1.28. The molecule has 23 heavy (non-hydrogen) atoms. The van der Waals surface area contributed by atoms with Gasteiger partial charge in [-0.25, -0.2) is 13.6 Å². The third-order valence-electron chi connectivity index (χ3n) is 2.82. The minimum Gasteiger partial charge on any atom is -0.356 e. The number of nitrogens with zero attached hydrogens (tertiary/aromatic N) is 1. The molecule has 0 radical (unpaired) electrons. The number of guanidine groups is 1. The lowest BCUT2D eigenvalue weighted by atomic mass is 10.3. The molecule has 0 spiro atoms. The van der Waals surface area contributed by atoms with Crippen LogP contribution in [0.1, 0.15) is 9.75 Å². The van der Waals surface area contributed by atoms with Crippen LogP contribution in [0.2, 0.25) is 0 Å². The molecule has 0 fully saturated rings. The highest BCUT2D eigenvalue weighted by Gasteiger charge is 2.11. The van der Waals surface area contributed by atoms with Crippen LogP contribution in [0.3, 0.4) is 0 Å². The number of nitrogens with two attached hydrogens (primary N) is 1. The molecule has 2 rings (SSSR count). The van der Waals surface area contributed by atoms with E-state index < -0.39 is 10.0 Å². The van der Waals surface area contributed by atoms with Gasteiger partial charge in [-0.2, -0.15) is 0 Å². The van der Waals surface area contributed by atoms with Crippen LogP contribution < -0.4 is 15.8 Å². The molecule has 0 atom stereocenters. The van der Waals surface area contributed by atoms with Gasteiger partial charge in [0, 0.05) is 23.3 Å². The Hall–Kier alpha value is -0.690. The van der Waals surface area contributed by atoms with Gasteiger partial charge in [0.05, 0.1) is 6.54 Å². The van der Waals surface area contributed by atoms with Gasteiger partial charge < -0.3 is 10.6 Å². The highest BCUT2D eigenvalue weighted by Crippen LogP contribution is 2.19. The largest absolute Gasteiger partial charge is 0.356 e. The van der Waals surface area contributed by atoms with Crippen LogP contribution in [0, 0.1) is 0 Å². The predicted octanol–water partition coefficient (Wildman–Crippen LogP) is 1.98. The van der Waals surface area contributed by atoms with Gasteiger partial charge in [-0.05, 0) is 30.0 Å². The van der Waals surface area contributed by atoms with Crippen molar-refractivity contribution >= 4 is 62.6 Å². The molecular weight excluding hydrogens is 467 g/mol. The van der Waals surface area contributed by atoms with E-state index in [1.54, 1.807) is 24.5 Å². The minimum absolute atomic E-state index is 0. The second-order valence-corrected chi connectivity index (χ2v) is 8.44. The van der Waals surface area contributed by atoms with Crippen LogP contribution in [0.25, 0.3) is 0 Å². The average molecular weight is 486 g/mol. The molecule has 2 heterocycles. The zero-order chi connectivity index (χ0) is 16.0. The summed E-state index contributed by atoms with van der Waals surface area (Å²) in [5, 5.41) is 13.5. The molecule has 0 saturated carbocycles. The first-order valence-corrected chi connectivity index (χ1v) is 9.81. The number of primary sulfonamides is 1. The fourth-order valence-electron chi connectivity index (χ4n) is 1.76. The van der Waals surface area contributed by atoms with Crippen molar-refractivity contribution in [3.05, 3.63) is 39.4 Å². The van der Waals surface area contributed by atoms with E-state index in [1.807, 2.05) is 6.07 Å². The Morgan fingerprint density at radius 3 is 2.61 bits per heavy atom. The average Bonchev–Trinajstić information content (AvgIpc) is 3.13. The van der Waals surface area contributed by atoms with Crippen molar-refractivity contribution < 1.29 is 8.42 Å². The normalized spacial score (nSPS) is 11.8. The number of sulfonamides is 1. The molecule has 4 N–H and O–H groups in total. The maximum atomic E-state index is 11.2.